The fraction of sp³-hybridized carbons (Fsp3) is 0.231. The SMILES string of the molecule is CC1(C)C=C(C(=O)c2ccncn2)CN=C(c2cccc(OCc3ccccc3)c2)C1. The van der Waals surface area contributed by atoms with E-state index >= 15 is 0 Å². The molecule has 0 saturated heterocycles. The van der Waals surface area contributed by atoms with Crippen LogP contribution in [0, 0.1) is 5.41 Å². The summed E-state index contributed by atoms with van der Waals surface area (Å²) in [6.45, 7) is 5.09. The van der Waals surface area contributed by atoms with E-state index in [0.717, 1.165) is 29.0 Å². The first-order valence-corrected chi connectivity index (χ1v) is 10.3. The second-order valence-corrected chi connectivity index (χ2v) is 8.32. The standard InChI is InChI=1S/C26H25N3O2/c1-26(2)14-21(25(30)23-11-12-27-18-29-23)16-28-24(15-26)20-9-6-10-22(13-20)31-17-19-7-4-3-5-8-19/h3-14,18H,15-17H2,1-2H3. The molecule has 0 saturated carbocycles. The van der Waals surface area contributed by atoms with Gasteiger partial charge >= 0.3 is 0 Å². The highest BCUT2D eigenvalue weighted by molar-refractivity contribution is 6.09. The Labute approximate surface area is 182 Å². The van der Waals surface area contributed by atoms with Crippen LogP contribution in [0.25, 0.3) is 0 Å². The average molecular weight is 412 g/mol. The number of ketones is 1. The lowest BCUT2D eigenvalue weighted by molar-refractivity contribution is 0.102. The van der Waals surface area contributed by atoms with Gasteiger partial charge in [-0.05, 0) is 41.2 Å². The van der Waals surface area contributed by atoms with Gasteiger partial charge in [-0.15, -0.1) is 0 Å². The number of carbonyl (C=O) groups excluding carboxylic acids is 1. The third-order valence-electron chi connectivity index (χ3n) is 5.15. The molecule has 5 heteroatoms. The van der Waals surface area contributed by atoms with Crippen molar-refractivity contribution in [3.05, 3.63) is 102 Å². The normalized spacial score (nSPS) is 15.4. The summed E-state index contributed by atoms with van der Waals surface area (Å²) in [5.74, 6) is 0.705. The Morgan fingerprint density at radius 3 is 2.68 bits per heavy atom. The molecule has 0 N–H and O–H groups in total. The van der Waals surface area contributed by atoms with Crippen LogP contribution >= 0.6 is 0 Å². The van der Waals surface area contributed by atoms with Gasteiger partial charge < -0.3 is 4.74 Å². The number of hydrogen-bond donors (Lipinski definition) is 0. The largest absolute Gasteiger partial charge is 0.489 e. The van der Waals surface area contributed by atoms with E-state index in [2.05, 4.69) is 23.8 Å². The molecule has 0 spiro atoms. The summed E-state index contributed by atoms with van der Waals surface area (Å²) in [5, 5.41) is 0. The number of carbonyl (C=O) groups is 1. The summed E-state index contributed by atoms with van der Waals surface area (Å²) in [4.78, 5) is 25.7. The molecular formula is C26H25N3O2. The van der Waals surface area contributed by atoms with Gasteiger partial charge in [0.1, 0.15) is 24.4 Å². The van der Waals surface area contributed by atoms with E-state index in [1.807, 2.05) is 60.7 Å². The zero-order valence-corrected chi connectivity index (χ0v) is 17.8. The zero-order chi connectivity index (χ0) is 21.7. The summed E-state index contributed by atoms with van der Waals surface area (Å²) in [5.41, 5.74) is 3.95. The molecule has 156 valence electrons. The minimum Gasteiger partial charge on any atom is -0.489 e. The third kappa shape index (κ3) is 5.31. The van der Waals surface area contributed by atoms with Crippen LogP contribution in [0.4, 0.5) is 0 Å². The van der Waals surface area contributed by atoms with Gasteiger partial charge in [-0.3, -0.25) is 9.79 Å². The Kier molecular flexibility index (Phi) is 6.03. The van der Waals surface area contributed by atoms with Gasteiger partial charge in [0.25, 0.3) is 0 Å². The van der Waals surface area contributed by atoms with Gasteiger partial charge in [-0.25, -0.2) is 9.97 Å². The first kappa shape index (κ1) is 20.7. The Morgan fingerprint density at radius 1 is 1.06 bits per heavy atom. The summed E-state index contributed by atoms with van der Waals surface area (Å²) >= 11 is 0. The Hall–Kier alpha value is -3.60. The van der Waals surface area contributed by atoms with E-state index in [1.54, 1.807) is 12.3 Å². The van der Waals surface area contributed by atoms with Crippen LogP contribution in [0.5, 0.6) is 5.75 Å². The van der Waals surface area contributed by atoms with Crippen LogP contribution in [-0.4, -0.2) is 28.0 Å². The highest BCUT2D eigenvalue weighted by atomic mass is 16.5. The number of aromatic nitrogens is 2. The van der Waals surface area contributed by atoms with Crippen LogP contribution < -0.4 is 4.74 Å². The molecule has 1 aliphatic heterocycles. The fourth-order valence-corrected chi connectivity index (χ4v) is 3.66. The monoisotopic (exact) mass is 411 g/mol. The molecule has 5 nitrogen and oxygen atoms in total. The Balaban J connectivity index is 1.54. The van der Waals surface area contributed by atoms with Crippen molar-refractivity contribution in [1.82, 2.24) is 9.97 Å². The van der Waals surface area contributed by atoms with Crippen LogP contribution in [-0.2, 0) is 6.61 Å². The second-order valence-electron chi connectivity index (χ2n) is 8.32. The number of ether oxygens (including phenoxy) is 1. The van der Waals surface area contributed by atoms with E-state index in [1.165, 1.54) is 6.33 Å². The minimum absolute atomic E-state index is 0.0968. The molecule has 0 aliphatic carbocycles. The van der Waals surface area contributed by atoms with Crippen LogP contribution in [0.2, 0.25) is 0 Å². The Bertz CT molecular complexity index is 1120. The van der Waals surface area contributed by atoms with Crippen molar-refractivity contribution in [2.24, 2.45) is 10.4 Å². The number of benzene rings is 2. The van der Waals surface area contributed by atoms with E-state index in [9.17, 15) is 4.79 Å². The predicted molar refractivity (Wildman–Crippen MR) is 121 cm³/mol. The lowest BCUT2D eigenvalue weighted by Gasteiger charge is -2.20. The molecule has 4 rings (SSSR count). The molecule has 0 unspecified atom stereocenters. The third-order valence-corrected chi connectivity index (χ3v) is 5.15. The van der Waals surface area contributed by atoms with E-state index < -0.39 is 0 Å². The fourth-order valence-electron chi connectivity index (χ4n) is 3.66. The van der Waals surface area contributed by atoms with Gasteiger partial charge in [0.05, 0.1) is 6.54 Å². The van der Waals surface area contributed by atoms with Crippen molar-refractivity contribution in [3.63, 3.8) is 0 Å². The molecule has 0 radical (unpaired) electrons. The number of rotatable bonds is 6. The number of aliphatic imine (C=N–C) groups is 1. The Morgan fingerprint density at radius 2 is 1.90 bits per heavy atom. The number of Topliss-reactive ketones (excluding diaryl/α,β-unsaturated/α-hetero) is 1. The zero-order valence-electron chi connectivity index (χ0n) is 17.8. The lowest BCUT2D eigenvalue weighted by Crippen LogP contribution is -2.15. The molecule has 0 fully saturated rings. The number of nitrogens with zero attached hydrogens (tertiary/aromatic N) is 3. The van der Waals surface area contributed by atoms with Gasteiger partial charge in [0, 0.05) is 17.5 Å². The number of hydrogen-bond acceptors (Lipinski definition) is 5. The highest BCUT2D eigenvalue weighted by Gasteiger charge is 2.26. The van der Waals surface area contributed by atoms with Crippen molar-refractivity contribution < 1.29 is 9.53 Å². The highest BCUT2D eigenvalue weighted by Crippen LogP contribution is 2.31. The summed E-state index contributed by atoms with van der Waals surface area (Å²) in [7, 11) is 0. The maximum absolute atomic E-state index is 12.9. The molecule has 3 aromatic rings. The first-order chi connectivity index (χ1) is 15.0. The van der Waals surface area contributed by atoms with E-state index in [-0.39, 0.29) is 11.2 Å². The lowest BCUT2D eigenvalue weighted by atomic mass is 9.83. The van der Waals surface area contributed by atoms with Gasteiger partial charge in [-0.1, -0.05) is 62.4 Å². The van der Waals surface area contributed by atoms with E-state index in [4.69, 9.17) is 9.73 Å². The topological polar surface area (TPSA) is 64.4 Å². The van der Waals surface area contributed by atoms with Crippen LogP contribution in [0.1, 0.15) is 41.9 Å². The van der Waals surface area contributed by atoms with Gasteiger partial charge in [-0.2, -0.15) is 0 Å². The van der Waals surface area contributed by atoms with Crippen molar-refractivity contribution in [2.45, 2.75) is 26.9 Å². The van der Waals surface area contributed by atoms with E-state index in [0.29, 0.717) is 24.4 Å². The quantitative estimate of drug-likeness (QED) is 0.531. The summed E-state index contributed by atoms with van der Waals surface area (Å²) in [6.07, 6.45) is 5.74. The van der Waals surface area contributed by atoms with Crippen LogP contribution in [0.3, 0.4) is 0 Å². The molecule has 0 atom stereocenters. The van der Waals surface area contributed by atoms with Crippen molar-refractivity contribution in [3.8, 4) is 5.75 Å². The maximum Gasteiger partial charge on any atom is 0.209 e. The number of allylic oxidation sites excluding steroid dienone is 1. The second kappa shape index (κ2) is 9.04. The molecule has 31 heavy (non-hydrogen) atoms. The molecule has 1 aromatic heterocycles. The molecule has 1 aliphatic rings. The van der Waals surface area contributed by atoms with Crippen molar-refractivity contribution in [1.29, 1.82) is 0 Å². The molecule has 2 aromatic carbocycles. The molecule has 2 heterocycles. The first-order valence-electron chi connectivity index (χ1n) is 10.3. The van der Waals surface area contributed by atoms with Crippen LogP contribution in [0.15, 0.2) is 89.8 Å². The molecule has 0 amide bonds. The summed E-state index contributed by atoms with van der Waals surface area (Å²) < 4.78 is 5.99. The van der Waals surface area contributed by atoms with Gasteiger partial charge in [0.15, 0.2) is 0 Å². The minimum atomic E-state index is -0.214. The predicted octanol–water partition coefficient (Wildman–Crippen LogP) is 5.08. The average Bonchev–Trinajstić information content (AvgIpc) is 2.96. The summed E-state index contributed by atoms with van der Waals surface area (Å²) in [6, 6.07) is 19.7. The van der Waals surface area contributed by atoms with Gasteiger partial charge in [0.2, 0.25) is 5.78 Å². The molecule has 0 bridgehead atoms. The molecular weight excluding hydrogens is 386 g/mol. The maximum atomic E-state index is 12.9. The smallest absolute Gasteiger partial charge is 0.209 e. The van der Waals surface area contributed by atoms with Crippen molar-refractivity contribution in [2.75, 3.05) is 6.54 Å². The van der Waals surface area contributed by atoms with Crippen molar-refractivity contribution >= 4 is 11.5 Å².